The third-order valence-electron chi connectivity index (χ3n) is 6.32. The third-order valence-corrected chi connectivity index (χ3v) is 8.16. The molecular weight excluding hydrogens is 531 g/mol. The molecule has 7 heteroatoms. The van der Waals surface area contributed by atoms with Gasteiger partial charge in [-0.15, -0.1) is 11.3 Å². The molecule has 1 aromatic carbocycles. The van der Waals surface area contributed by atoms with Crippen molar-refractivity contribution in [2.24, 2.45) is 5.92 Å². The Morgan fingerprint density at radius 3 is 2.41 bits per heavy atom. The van der Waals surface area contributed by atoms with E-state index in [1.54, 1.807) is 0 Å². The van der Waals surface area contributed by atoms with Gasteiger partial charge in [-0.2, -0.15) is 10.5 Å². The summed E-state index contributed by atoms with van der Waals surface area (Å²) in [6.45, 7) is 11.1. The maximum atomic E-state index is 10.1. The minimum Gasteiger partial charge on any atom is -0.492 e. The quantitative estimate of drug-likeness (QED) is 0.377. The van der Waals surface area contributed by atoms with Crippen molar-refractivity contribution in [2.45, 2.75) is 32.1 Å². The van der Waals surface area contributed by atoms with E-state index in [1.165, 1.54) is 14.9 Å². The molecule has 1 aromatic heterocycles. The number of benzene rings is 1. The molecule has 32 heavy (non-hydrogen) atoms. The highest BCUT2D eigenvalue weighted by Crippen LogP contribution is 2.40. The van der Waals surface area contributed by atoms with Crippen molar-refractivity contribution in [1.82, 2.24) is 9.80 Å². The van der Waals surface area contributed by atoms with Crippen LogP contribution in [0, 0.1) is 32.2 Å². The summed E-state index contributed by atoms with van der Waals surface area (Å²) in [5.74, 6) is 1.15. The van der Waals surface area contributed by atoms with Crippen molar-refractivity contribution in [3.8, 4) is 17.9 Å². The van der Waals surface area contributed by atoms with E-state index in [0.29, 0.717) is 11.5 Å². The summed E-state index contributed by atoms with van der Waals surface area (Å²) < 4.78 is 7.09. The van der Waals surface area contributed by atoms with Crippen LogP contribution in [0.25, 0.3) is 0 Å². The number of rotatable bonds is 10. The van der Waals surface area contributed by atoms with Crippen LogP contribution in [0.2, 0.25) is 0 Å². The largest absolute Gasteiger partial charge is 0.492 e. The highest BCUT2D eigenvalue weighted by Gasteiger charge is 2.37. The van der Waals surface area contributed by atoms with Gasteiger partial charge >= 0.3 is 0 Å². The molecule has 1 fully saturated rings. The highest BCUT2D eigenvalue weighted by molar-refractivity contribution is 14.1. The number of ether oxygens (including phenoxy) is 1. The zero-order chi connectivity index (χ0) is 23.0. The summed E-state index contributed by atoms with van der Waals surface area (Å²) in [6, 6.07) is 16.8. The molecular formula is C25H31IN4OS. The number of piperazine rings is 1. The Kier molecular flexibility index (Phi) is 9.36. The SMILES string of the molecule is CC(C)C(C#N)(CCCN1CCN(CCOc2cccc(I)c2)CC1)c1ccc(C#N)s1. The zero-order valence-corrected chi connectivity index (χ0v) is 21.9. The lowest BCUT2D eigenvalue weighted by Gasteiger charge is -2.35. The molecule has 2 aromatic rings. The molecule has 2 heterocycles. The predicted molar refractivity (Wildman–Crippen MR) is 138 cm³/mol. The van der Waals surface area contributed by atoms with Crippen molar-refractivity contribution in [3.63, 3.8) is 0 Å². The first kappa shape index (κ1) is 25.0. The molecule has 1 unspecified atom stereocenters. The number of halogens is 1. The number of hydrogen-bond acceptors (Lipinski definition) is 6. The maximum Gasteiger partial charge on any atom is 0.120 e. The zero-order valence-electron chi connectivity index (χ0n) is 18.9. The fourth-order valence-corrected chi connectivity index (χ4v) is 5.88. The summed E-state index contributed by atoms with van der Waals surface area (Å²) in [4.78, 5) is 6.69. The van der Waals surface area contributed by atoms with Crippen LogP contribution < -0.4 is 4.74 Å². The average Bonchev–Trinajstić information content (AvgIpc) is 3.27. The Morgan fingerprint density at radius 2 is 1.81 bits per heavy atom. The van der Waals surface area contributed by atoms with Gasteiger partial charge < -0.3 is 9.64 Å². The maximum absolute atomic E-state index is 10.1. The monoisotopic (exact) mass is 562 g/mol. The second-order valence-corrected chi connectivity index (χ2v) is 10.9. The molecule has 0 radical (unpaired) electrons. The first-order valence-corrected chi connectivity index (χ1v) is 13.1. The van der Waals surface area contributed by atoms with Gasteiger partial charge in [0.25, 0.3) is 0 Å². The van der Waals surface area contributed by atoms with Gasteiger partial charge in [0, 0.05) is 41.2 Å². The van der Waals surface area contributed by atoms with E-state index in [1.807, 2.05) is 24.3 Å². The Hall–Kier alpha value is -1.65. The van der Waals surface area contributed by atoms with Crippen LogP contribution in [-0.4, -0.2) is 55.7 Å². The van der Waals surface area contributed by atoms with Gasteiger partial charge in [-0.1, -0.05) is 19.9 Å². The standard InChI is InChI=1S/C25H31IN4OS/c1-20(2)25(19-28,24-8-7-23(18-27)32-24)9-4-10-29-11-13-30(14-12-29)15-16-31-22-6-3-5-21(26)17-22/h3,5-8,17,20H,4,9-16H2,1-2H3. The summed E-state index contributed by atoms with van der Waals surface area (Å²) in [5, 5.41) is 19.3. The first-order chi connectivity index (χ1) is 15.5. The summed E-state index contributed by atoms with van der Waals surface area (Å²) in [5.41, 5.74) is -0.506. The van der Waals surface area contributed by atoms with E-state index in [2.05, 4.69) is 70.5 Å². The Labute approximate surface area is 209 Å². The molecule has 0 aliphatic carbocycles. The lowest BCUT2D eigenvalue weighted by molar-refractivity contribution is 0.114. The van der Waals surface area contributed by atoms with Gasteiger partial charge in [-0.25, -0.2) is 0 Å². The van der Waals surface area contributed by atoms with Crippen LogP contribution in [0.3, 0.4) is 0 Å². The van der Waals surface area contributed by atoms with Gasteiger partial charge in [0.1, 0.15) is 23.3 Å². The molecule has 0 amide bonds. The normalized spacial score (nSPS) is 16.9. The van der Waals surface area contributed by atoms with E-state index >= 15 is 0 Å². The highest BCUT2D eigenvalue weighted by atomic mass is 127. The molecule has 170 valence electrons. The molecule has 5 nitrogen and oxygen atoms in total. The second kappa shape index (κ2) is 12.0. The predicted octanol–water partition coefficient (Wildman–Crippen LogP) is 5.12. The van der Waals surface area contributed by atoms with Crippen LogP contribution in [0.4, 0.5) is 0 Å². The Morgan fingerprint density at radius 1 is 1.09 bits per heavy atom. The Balaban J connectivity index is 1.42. The molecule has 0 bridgehead atoms. The van der Waals surface area contributed by atoms with Crippen LogP contribution >= 0.6 is 33.9 Å². The van der Waals surface area contributed by atoms with Gasteiger partial charge in [0.05, 0.1) is 11.5 Å². The lowest BCUT2D eigenvalue weighted by Crippen LogP contribution is -2.47. The topological polar surface area (TPSA) is 63.3 Å². The van der Waals surface area contributed by atoms with E-state index in [0.717, 1.165) is 62.7 Å². The van der Waals surface area contributed by atoms with Crippen molar-refractivity contribution < 1.29 is 4.74 Å². The van der Waals surface area contributed by atoms with Crippen molar-refractivity contribution in [2.75, 3.05) is 45.9 Å². The summed E-state index contributed by atoms with van der Waals surface area (Å²) >= 11 is 3.77. The molecule has 1 aliphatic heterocycles. The molecule has 0 N–H and O–H groups in total. The smallest absolute Gasteiger partial charge is 0.120 e. The van der Waals surface area contributed by atoms with Crippen LogP contribution in [0.15, 0.2) is 36.4 Å². The van der Waals surface area contributed by atoms with Gasteiger partial charge in [0.15, 0.2) is 0 Å². The van der Waals surface area contributed by atoms with Gasteiger partial charge in [0.2, 0.25) is 0 Å². The first-order valence-electron chi connectivity index (χ1n) is 11.2. The summed E-state index contributed by atoms with van der Waals surface area (Å²) in [6.07, 6.45) is 1.82. The average molecular weight is 563 g/mol. The minimum absolute atomic E-state index is 0.211. The van der Waals surface area contributed by atoms with Crippen LogP contribution in [0.5, 0.6) is 5.75 Å². The van der Waals surface area contributed by atoms with Gasteiger partial charge in [-0.05, 0) is 78.2 Å². The Bertz CT molecular complexity index is 955. The fourth-order valence-electron chi connectivity index (χ4n) is 4.24. The second-order valence-electron chi connectivity index (χ2n) is 8.61. The number of nitrogens with zero attached hydrogens (tertiary/aromatic N) is 4. The molecule has 1 saturated heterocycles. The van der Waals surface area contributed by atoms with E-state index in [4.69, 9.17) is 4.74 Å². The van der Waals surface area contributed by atoms with Crippen LogP contribution in [0.1, 0.15) is 36.4 Å². The molecule has 3 rings (SSSR count). The van der Waals surface area contributed by atoms with E-state index < -0.39 is 5.41 Å². The molecule has 0 saturated carbocycles. The number of thiophene rings is 1. The molecule has 0 spiro atoms. The van der Waals surface area contributed by atoms with Crippen LogP contribution in [-0.2, 0) is 5.41 Å². The van der Waals surface area contributed by atoms with E-state index in [9.17, 15) is 10.5 Å². The van der Waals surface area contributed by atoms with E-state index in [-0.39, 0.29) is 5.92 Å². The third kappa shape index (κ3) is 6.45. The fraction of sp³-hybridized carbons (Fsp3) is 0.520. The molecule has 1 atom stereocenters. The minimum atomic E-state index is -0.506. The summed E-state index contributed by atoms with van der Waals surface area (Å²) in [7, 11) is 0. The number of nitriles is 2. The number of hydrogen-bond donors (Lipinski definition) is 0. The lowest BCUT2D eigenvalue weighted by atomic mass is 9.73. The van der Waals surface area contributed by atoms with Gasteiger partial charge in [-0.3, -0.25) is 4.90 Å². The van der Waals surface area contributed by atoms with Crippen molar-refractivity contribution >= 4 is 33.9 Å². The van der Waals surface area contributed by atoms with Crippen molar-refractivity contribution in [1.29, 1.82) is 10.5 Å². The molecule has 1 aliphatic rings. The van der Waals surface area contributed by atoms with Crippen molar-refractivity contribution in [3.05, 3.63) is 49.7 Å².